The summed E-state index contributed by atoms with van der Waals surface area (Å²) in [6, 6.07) is 16.5. The van der Waals surface area contributed by atoms with Crippen molar-refractivity contribution in [1.82, 2.24) is 9.80 Å². The van der Waals surface area contributed by atoms with Gasteiger partial charge in [0.15, 0.2) is 5.43 Å². The van der Waals surface area contributed by atoms with Crippen LogP contribution in [-0.2, 0) is 4.74 Å². The van der Waals surface area contributed by atoms with Crippen LogP contribution in [-0.4, -0.2) is 55.1 Å². The Labute approximate surface area is 174 Å². The molecule has 2 aromatic carbocycles. The van der Waals surface area contributed by atoms with Gasteiger partial charge in [-0.2, -0.15) is 0 Å². The van der Waals surface area contributed by atoms with Crippen LogP contribution in [0.25, 0.3) is 11.0 Å². The Morgan fingerprint density at radius 3 is 2.43 bits per heavy atom. The van der Waals surface area contributed by atoms with Crippen molar-refractivity contribution < 1.29 is 13.9 Å². The van der Waals surface area contributed by atoms with Crippen LogP contribution >= 0.6 is 0 Å². The predicted octanol–water partition coefficient (Wildman–Crippen LogP) is 3.06. The minimum Gasteiger partial charge on any atom is -0.450 e. The van der Waals surface area contributed by atoms with Gasteiger partial charge >= 0.3 is 0 Å². The molecule has 2 aliphatic heterocycles. The molecule has 5 rings (SSSR count). The summed E-state index contributed by atoms with van der Waals surface area (Å²) < 4.78 is 11.4. The van der Waals surface area contributed by atoms with Crippen LogP contribution in [0, 0.1) is 0 Å². The lowest BCUT2D eigenvalue weighted by atomic mass is 9.98. The van der Waals surface area contributed by atoms with Gasteiger partial charge in [-0.1, -0.05) is 42.5 Å². The van der Waals surface area contributed by atoms with E-state index in [1.807, 2.05) is 42.5 Å². The second kappa shape index (κ2) is 8.05. The van der Waals surface area contributed by atoms with E-state index >= 15 is 0 Å². The van der Waals surface area contributed by atoms with Crippen molar-refractivity contribution in [1.29, 1.82) is 0 Å². The van der Waals surface area contributed by atoms with Gasteiger partial charge in [-0.25, -0.2) is 0 Å². The van der Waals surface area contributed by atoms with Crippen molar-refractivity contribution in [3.63, 3.8) is 0 Å². The number of carbonyl (C=O) groups is 1. The van der Waals surface area contributed by atoms with E-state index in [0.717, 1.165) is 44.8 Å². The predicted molar refractivity (Wildman–Crippen MR) is 114 cm³/mol. The van der Waals surface area contributed by atoms with Gasteiger partial charge in [-0.3, -0.25) is 14.5 Å². The standard InChI is InChI=1S/C24H24N2O4/c27-22-18-9-4-5-10-19(18)30-23-20(22)21(17-7-2-1-3-8-17)26(24(23)28)12-6-11-25-13-15-29-16-14-25/h1-5,7-10,21H,6,11-16H2/t21-/m1/s1. The molecule has 1 atom stereocenters. The Morgan fingerprint density at radius 2 is 1.63 bits per heavy atom. The monoisotopic (exact) mass is 404 g/mol. The number of fused-ring (bicyclic) bond motifs is 2. The Hall–Kier alpha value is -2.96. The van der Waals surface area contributed by atoms with Gasteiger partial charge in [0, 0.05) is 26.2 Å². The summed E-state index contributed by atoms with van der Waals surface area (Å²) in [4.78, 5) is 30.8. The molecule has 0 saturated carbocycles. The molecule has 0 N–H and O–H groups in total. The van der Waals surface area contributed by atoms with E-state index < -0.39 is 6.04 Å². The number of nitrogens with zero attached hydrogens (tertiary/aromatic N) is 2. The lowest BCUT2D eigenvalue weighted by Crippen LogP contribution is -2.38. The molecule has 1 saturated heterocycles. The van der Waals surface area contributed by atoms with E-state index in [1.165, 1.54) is 0 Å². The van der Waals surface area contributed by atoms with Crippen LogP contribution in [0.4, 0.5) is 0 Å². The Bertz CT molecular complexity index is 1120. The largest absolute Gasteiger partial charge is 0.450 e. The summed E-state index contributed by atoms with van der Waals surface area (Å²) in [6.45, 7) is 4.81. The van der Waals surface area contributed by atoms with E-state index in [1.54, 1.807) is 17.0 Å². The molecule has 6 nitrogen and oxygen atoms in total. The summed E-state index contributed by atoms with van der Waals surface area (Å²) in [6.07, 6.45) is 0.830. The van der Waals surface area contributed by atoms with Gasteiger partial charge in [0.25, 0.3) is 5.91 Å². The molecular formula is C24H24N2O4. The number of benzene rings is 2. The van der Waals surface area contributed by atoms with Gasteiger partial charge in [0.2, 0.25) is 5.76 Å². The second-order valence-corrected chi connectivity index (χ2v) is 7.79. The Balaban J connectivity index is 1.51. The van der Waals surface area contributed by atoms with Crippen molar-refractivity contribution in [3.8, 4) is 0 Å². The summed E-state index contributed by atoms with van der Waals surface area (Å²) in [5, 5.41) is 0.514. The zero-order chi connectivity index (χ0) is 20.5. The van der Waals surface area contributed by atoms with E-state index in [9.17, 15) is 9.59 Å². The summed E-state index contributed by atoms with van der Waals surface area (Å²) in [5.41, 5.74) is 1.72. The van der Waals surface area contributed by atoms with Crippen LogP contribution in [0.1, 0.15) is 34.1 Å². The molecule has 30 heavy (non-hydrogen) atoms. The second-order valence-electron chi connectivity index (χ2n) is 7.79. The van der Waals surface area contributed by atoms with E-state index in [0.29, 0.717) is 23.1 Å². The number of para-hydroxylation sites is 1. The maximum atomic E-state index is 13.4. The average Bonchev–Trinajstić information content (AvgIpc) is 3.07. The maximum Gasteiger partial charge on any atom is 0.290 e. The number of hydrogen-bond acceptors (Lipinski definition) is 5. The number of hydrogen-bond donors (Lipinski definition) is 0. The van der Waals surface area contributed by atoms with Crippen LogP contribution in [0.3, 0.4) is 0 Å². The van der Waals surface area contributed by atoms with Crippen LogP contribution < -0.4 is 5.43 Å². The number of rotatable bonds is 5. The minimum absolute atomic E-state index is 0.121. The maximum absolute atomic E-state index is 13.4. The molecule has 154 valence electrons. The third-order valence-corrected chi connectivity index (χ3v) is 5.97. The van der Waals surface area contributed by atoms with Crippen LogP contribution in [0.2, 0.25) is 0 Å². The highest BCUT2D eigenvalue weighted by atomic mass is 16.5. The van der Waals surface area contributed by atoms with Crippen molar-refractivity contribution in [3.05, 3.63) is 81.7 Å². The quantitative estimate of drug-likeness (QED) is 0.654. The Morgan fingerprint density at radius 1 is 0.900 bits per heavy atom. The lowest BCUT2D eigenvalue weighted by Gasteiger charge is -2.29. The molecule has 0 radical (unpaired) electrons. The SMILES string of the molecule is O=C1c2oc3ccccc3c(=O)c2[C@@H](c2ccccc2)N1CCCN1CCOCC1. The lowest BCUT2D eigenvalue weighted by molar-refractivity contribution is 0.0353. The molecule has 0 spiro atoms. The van der Waals surface area contributed by atoms with Crippen molar-refractivity contribution >= 4 is 16.9 Å². The van der Waals surface area contributed by atoms with Crippen molar-refractivity contribution in [2.75, 3.05) is 39.4 Å². The molecule has 1 fully saturated rings. The van der Waals surface area contributed by atoms with Gasteiger partial charge < -0.3 is 14.1 Å². The van der Waals surface area contributed by atoms with Gasteiger partial charge in [0.05, 0.1) is 30.2 Å². The van der Waals surface area contributed by atoms with Gasteiger partial charge in [0.1, 0.15) is 5.58 Å². The summed E-state index contributed by atoms with van der Waals surface area (Å²) >= 11 is 0. The third-order valence-electron chi connectivity index (χ3n) is 5.97. The first-order valence-electron chi connectivity index (χ1n) is 10.5. The zero-order valence-corrected chi connectivity index (χ0v) is 16.8. The molecule has 1 aromatic heterocycles. The van der Waals surface area contributed by atoms with E-state index in [-0.39, 0.29) is 17.1 Å². The van der Waals surface area contributed by atoms with Gasteiger partial charge in [-0.15, -0.1) is 0 Å². The molecule has 0 unspecified atom stereocenters. The summed E-state index contributed by atoms with van der Waals surface area (Å²) in [5.74, 6) is -0.0254. The first-order chi connectivity index (χ1) is 14.7. The first-order valence-corrected chi connectivity index (χ1v) is 10.5. The highest BCUT2D eigenvalue weighted by Gasteiger charge is 2.42. The fraction of sp³-hybridized carbons (Fsp3) is 0.333. The smallest absolute Gasteiger partial charge is 0.290 e. The minimum atomic E-state index is -0.417. The van der Waals surface area contributed by atoms with Gasteiger partial charge in [-0.05, 0) is 24.1 Å². The number of morpholine rings is 1. The normalized spacial score (nSPS) is 19.4. The zero-order valence-electron chi connectivity index (χ0n) is 16.8. The number of carbonyl (C=O) groups excluding carboxylic acids is 1. The number of amides is 1. The molecule has 6 heteroatoms. The van der Waals surface area contributed by atoms with Crippen LogP contribution in [0.15, 0.2) is 63.8 Å². The van der Waals surface area contributed by atoms with Crippen molar-refractivity contribution in [2.24, 2.45) is 0 Å². The number of ether oxygens (including phenoxy) is 1. The van der Waals surface area contributed by atoms with E-state index in [4.69, 9.17) is 9.15 Å². The van der Waals surface area contributed by atoms with Crippen LogP contribution in [0.5, 0.6) is 0 Å². The summed E-state index contributed by atoms with van der Waals surface area (Å²) in [7, 11) is 0. The fourth-order valence-corrected chi connectivity index (χ4v) is 4.47. The highest BCUT2D eigenvalue weighted by Crippen LogP contribution is 2.38. The first kappa shape index (κ1) is 19.0. The average molecular weight is 404 g/mol. The molecule has 1 amide bonds. The third kappa shape index (κ3) is 3.32. The molecule has 2 aliphatic rings. The molecule has 0 bridgehead atoms. The van der Waals surface area contributed by atoms with Crippen molar-refractivity contribution in [2.45, 2.75) is 12.5 Å². The topological polar surface area (TPSA) is 63.0 Å². The highest BCUT2D eigenvalue weighted by molar-refractivity contribution is 5.99. The molecule has 0 aliphatic carbocycles. The molecule has 3 aromatic rings. The Kier molecular flexibility index (Phi) is 5.11. The molecular weight excluding hydrogens is 380 g/mol. The fourth-order valence-electron chi connectivity index (χ4n) is 4.47. The molecule has 3 heterocycles. The van der Waals surface area contributed by atoms with E-state index in [2.05, 4.69) is 4.90 Å².